The molecule has 0 N–H and O–H groups in total. The predicted molar refractivity (Wildman–Crippen MR) is 91.5 cm³/mol. The molecule has 1 fully saturated rings. The number of rotatable bonds is 6. The van der Waals surface area contributed by atoms with E-state index in [1.54, 1.807) is 23.9 Å². The zero-order valence-electron chi connectivity index (χ0n) is 13.6. The fraction of sp³-hybridized carbons (Fsp3) is 0.588. The maximum atomic E-state index is 12.4. The lowest BCUT2D eigenvalue weighted by Crippen LogP contribution is -2.39. The number of hydrogen-bond acceptors (Lipinski definition) is 4. The quantitative estimate of drug-likeness (QED) is 0.817. The highest BCUT2D eigenvalue weighted by atomic mass is 32.1. The Hall–Kier alpha value is -1.69. The summed E-state index contributed by atoms with van der Waals surface area (Å²) in [6.45, 7) is 4.72. The van der Waals surface area contributed by atoms with Gasteiger partial charge in [0.1, 0.15) is 0 Å². The largest absolute Gasteiger partial charge is 0.342 e. The fourth-order valence-electron chi connectivity index (χ4n) is 3.07. The van der Waals surface area contributed by atoms with Crippen LogP contribution in [0.1, 0.15) is 49.2 Å². The van der Waals surface area contributed by atoms with Crippen LogP contribution < -0.4 is 0 Å². The van der Waals surface area contributed by atoms with E-state index in [0.29, 0.717) is 12.3 Å². The number of piperidine rings is 1. The zero-order valence-corrected chi connectivity index (χ0v) is 14.5. The second kappa shape index (κ2) is 7.73. The predicted octanol–water partition coefficient (Wildman–Crippen LogP) is 3.09. The number of amides is 1. The van der Waals surface area contributed by atoms with E-state index in [9.17, 15) is 4.79 Å². The van der Waals surface area contributed by atoms with Crippen LogP contribution in [-0.4, -0.2) is 38.4 Å². The summed E-state index contributed by atoms with van der Waals surface area (Å²) in [6.07, 6.45) is 10.2. The molecule has 124 valence electrons. The highest BCUT2D eigenvalue weighted by Gasteiger charge is 2.26. The van der Waals surface area contributed by atoms with E-state index in [2.05, 4.69) is 17.3 Å². The molecule has 5 nitrogen and oxygen atoms in total. The SMILES string of the molecule is CCc1csc(C2CCCN(C(=O)CCCn3ccnc3)C2)n1. The van der Waals surface area contributed by atoms with Crippen LogP contribution in [0.15, 0.2) is 24.1 Å². The van der Waals surface area contributed by atoms with Crippen LogP contribution in [0.25, 0.3) is 0 Å². The zero-order chi connectivity index (χ0) is 16.1. The molecular weight excluding hydrogens is 308 g/mol. The first-order chi connectivity index (χ1) is 11.3. The molecule has 2 aromatic rings. The maximum Gasteiger partial charge on any atom is 0.222 e. The lowest BCUT2D eigenvalue weighted by atomic mass is 9.98. The van der Waals surface area contributed by atoms with Crippen molar-refractivity contribution in [3.05, 3.63) is 34.8 Å². The topological polar surface area (TPSA) is 51.0 Å². The number of carbonyl (C=O) groups excluding carboxylic acids is 1. The van der Waals surface area contributed by atoms with Gasteiger partial charge in [-0.05, 0) is 25.7 Å². The minimum absolute atomic E-state index is 0.280. The molecule has 3 heterocycles. The Labute approximate surface area is 141 Å². The second-order valence-corrected chi connectivity index (χ2v) is 7.00. The van der Waals surface area contributed by atoms with Crippen LogP contribution in [0.2, 0.25) is 0 Å². The third kappa shape index (κ3) is 4.19. The molecule has 1 atom stereocenters. The lowest BCUT2D eigenvalue weighted by Gasteiger charge is -2.32. The van der Waals surface area contributed by atoms with Gasteiger partial charge in [0.2, 0.25) is 5.91 Å². The van der Waals surface area contributed by atoms with Gasteiger partial charge in [-0.3, -0.25) is 4.79 Å². The van der Waals surface area contributed by atoms with E-state index >= 15 is 0 Å². The number of likely N-dealkylation sites (tertiary alicyclic amines) is 1. The van der Waals surface area contributed by atoms with Crippen molar-refractivity contribution in [1.29, 1.82) is 0 Å². The third-order valence-corrected chi connectivity index (χ3v) is 5.48. The molecule has 0 saturated carbocycles. The molecule has 0 aliphatic carbocycles. The van der Waals surface area contributed by atoms with Gasteiger partial charge in [0.15, 0.2) is 0 Å². The molecule has 1 unspecified atom stereocenters. The van der Waals surface area contributed by atoms with Gasteiger partial charge in [-0.15, -0.1) is 11.3 Å². The number of imidazole rings is 1. The monoisotopic (exact) mass is 332 g/mol. The number of aromatic nitrogens is 3. The fourth-order valence-corrected chi connectivity index (χ4v) is 4.10. The molecular formula is C17H24N4OS. The van der Waals surface area contributed by atoms with Crippen LogP contribution in [0, 0.1) is 0 Å². The van der Waals surface area contributed by atoms with Crippen LogP contribution in [0.4, 0.5) is 0 Å². The summed E-state index contributed by atoms with van der Waals surface area (Å²) >= 11 is 1.75. The number of carbonyl (C=O) groups is 1. The smallest absolute Gasteiger partial charge is 0.222 e. The van der Waals surface area contributed by atoms with Crippen LogP contribution in [0.5, 0.6) is 0 Å². The average molecular weight is 332 g/mol. The van der Waals surface area contributed by atoms with Crippen molar-refractivity contribution in [3.8, 4) is 0 Å². The van der Waals surface area contributed by atoms with E-state index < -0.39 is 0 Å². The van der Waals surface area contributed by atoms with Crippen LogP contribution >= 0.6 is 11.3 Å². The first kappa shape index (κ1) is 16.2. The summed E-state index contributed by atoms with van der Waals surface area (Å²) in [5.74, 6) is 0.703. The lowest BCUT2D eigenvalue weighted by molar-refractivity contribution is -0.132. The number of aryl methyl sites for hydroxylation is 2. The van der Waals surface area contributed by atoms with Gasteiger partial charge in [-0.2, -0.15) is 0 Å². The van der Waals surface area contributed by atoms with E-state index in [0.717, 1.165) is 45.3 Å². The minimum atomic E-state index is 0.280. The summed E-state index contributed by atoms with van der Waals surface area (Å²) in [5, 5.41) is 3.36. The number of hydrogen-bond donors (Lipinski definition) is 0. The Morgan fingerprint density at radius 2 is 2.39 bits per heavy atom. The third-order valence-electron chi connectivity index (χ3n) is 4.42. The molecule has 0 bridgehead atoms. The molecule has 0 radical (unpaired) electrons. The molecule has 23 heavy (non-hydrogen) atoms. The first-order valence-electron chi connectivity index (χ1n) is 8.44. The van der Waals surface area contributed by atoms with Gasteiger partial charge in [0.05, 0.1) is 17.0 Å². The Kier molecular flexibility index (Phi) is 5.43. The highest BCUT2D eigenvalue weighted by Crippen LogP contribution is 2.29. The molecule has 6 heteroatoms. The molecule has 0 aromatic carbocycles. The van der Waals surface area contributed by atoms with Crippen molar-refractivity contribution in [1.82, 2.24) is 19.4 Å². The summed E-state index contributed by atoms with van der Waals surface area (Å²) in [6, 6.07) is 0. The van der Waals surface area contributed by atoms with Crippen molar-refractivity contribution in [3.63, 3.8) is 0 Å². The van der Waals surface area contributed by atoms with Gasteiger partial charge < -0.3 is 9.47 Å². The van der Waals surface area contributed by atoms with E-state index in [1.165, 1.54) is 10.7 Å². The van der Waals surface area contributed by atoms with Gasteiger partial charge in [0.25, 0.3) is 0 Å². The molecule has 1 aliphatic heterocycles. The Morgan fingerprint density at radius 1 is 1.48 bits per heavy atom. The average Bonchev–Trinajstić information content (AvgIpc) is 3.26. The highest BCUT2D eigenvalue weighted by molar-refractivity contribution is 7.09. The molecule has 1 aliphatic rings. The van der Waals surface area contributed by atoms with Gasteiger partial charge >= 0.3 is 0 Å². The second-order valence-electron chi connectivity index (χ2n) is 6.11. The minimum Gasteiger partial charge on any atom is -0.342 e. The normalized spacial score (nSPS) is 18.3. The summed E-state index contributed by atoms with van der Waals surface area (Å²) in [4.78, 5) is 23.2. The standard InChI is InChI=1S/C17H24N4OS/c1-2-15-12-23-17(19-15)14-5-3-9-21(11-14)16(22)6-4-8-20-10-7-18-13-20/h7,10,12-14H,2-6,8-9,11H2,1H3. The molecule has 0 spiro atoms. The van der Waals surface area contributed by atoms with Crippen molar-refractivity contribution >= 4 is 17.2 Å². The molecule has 2 aromatic heterocycles. The Balaban J connectivity index is 1.50. The van der Waals surface area contributed by atoms with E-state index in [1.807, 2.05) is 15.7 Å². The van der Waals surface area contributed by atoms with Gasteiger partial charge in [0, 0.05) is 49.7 Å². The molecule has 3 rings (SSSR count). The molecule has 1 saturated heterocycles. The van der Waals surface area contributed by atoms with Crippen LogP contribution in [0.3, 0.4) is 0 Å². The van der Waals surface area contributed by atoms with Crippen molar-refractivity contribution < 1.29 is 4.79 Å². The van der Waals surface area contributed by atoms with Crippen molar-refractivity contribution in [2.45, 2.75) is 51.5 Å². The maximum absolute atomic E-state index is 12.4. The van der Waals surface area contributed by atoms with Crippen molar-refractivity contribution in [2.24, 2.45) is 0 Å². The van der Waals surface area contributed by atoms with E-state index in [4.69, 9.17) is 4.98 Å². The number of thiazole rings is 1. The van der Waals surface area contributed by atoms with Crippen molar-refractivity contribution in [2.75, 3.05) is 13.1 Å². The molecule has 1 amide bonds. The first-order valence-corrected chi connectivity index (χ1v) is 9.32. The van der Waals surface area contributed by atoms with Gasteiger partial charge in [-0.25, -0.2) is 9.97 Å². The summed E-state index contributed by atoms with van der Waals surface area (Å²) < 4.78 is 2.02. The van der Waals surface area contributed by atoms with Gasteiger partial charge in [-0.1, -0.05) is 6.92 Å². The summed E-state index contributed by atoms with van der Waals surface area (Å²) in [7, 11) is 0. The summed E-state index contributed by atoms with van der Waals surface area (Å²) in [5.41, 5.74) is 1.17. The Bertz CT molecular complexity index is 622. The Morgan fingerprint density at radius 3 is 3.13 bits per heavy atom. The number of nitrogens with zero attached hydrogens (tertiary/aromatic N) is 4. The van der Waals surface area contributed by atoms with Crippen LogP contribution in [-0.2, 0) is 17.8 Å². The van der Waals surface area contributed by atoms with E-state index in [-0.39, 0.29) is 5.91 Å².